The number of hydrogen-bond donors (Lipinski definition) is 1. The fourth-order valence-electron chi connectivity index (χ4n) is 1.54. The van der Waals surface area contributed by atoms with E-state index in [2.05, 4.69) is 50.9 Å². The van der Waals surface area contributed by atoms with Crippen molar-refractivity contribution in [1.82, 2.24) is 14.7 Å². The van der Waals surface area contributed by atoms with Crippen molar-refractivity contribution >= 4 is 0 Å². The van der Waals surface area contributed by atoms with Crippen molar-refractivity contribution in [1.29, 1.82) is 0 Å². The van der Waals surface area contributed by atoms with Gasteiger partial charge in [0.15, 0.2) is 0 Å². The lowest BCUT2D eigenvalue weighted by molar-refractivity contribution is 0.254. The van der Waals surface area contributed by atoms with Gasteiger partial charge < -0.3 is 5.73 Å². The summed E-state index contributed by atoms with van der Waals surface area (Å²) >= 11 is 0. The average molecular weight is 224 g/mol. The summed E-state index contributed by atoms with van der Waals surface area (Å²) in [4.78, 5) is 2.26. The minimum atomic E-state index is 0.404. The summed E-state index contributed by atoms with van der Waals surface area (Å²) in [7, 11) is 2.10. The molecule has 1 atom stereocenters. The summed E-state index contributed by atoms with van der Waals surface area (Å²) in [5.74, 6) is 0. The molecule has 16 heavy (non-hydrogen) atoms. The van der Waals surface area contributed by atoms with Crippen molar-refractivity contribution < 1.29 is 0 Å². The molecule has 0 aliphatic heterocycles. The predicted octanol–water partition coefficient (Wildman–Crippen LogP) is 1.55. The van der Waals surface area contributed by atoms with Crippen LogP contribution in [0, 0.1) is 6.92 Å². The highest BCUT2D eigenvalue weighted by Gasteiger charge is 2.12. The van der Waals surface area contributed by atoms with Crippen LogP contribution in [0.5, 0.6) is 0 Å². The van der Waals surface area contributed by atoms with E-state index >= 15 is 0 Å². The fourth-order valence-corrected chi connectivity index (χ4v) is 1.54. The molecule has 0 aliphatic rings. The maximum atomic E-state index is 5.66. The van der Waals surface area contributed by atoms with E-state index in [1.165, 1.54) is 5.56 Å². The Kier molecular flexibility index (Phi) is 4.50. The zero-order chi connectivity index (χ0) is 12.3. The molecule has 4 nitrogen and oxygen atoms in total. The molecule has 0 aromatic carbocycles. The lowest BCUT2D eigenvalue weighted by Crippen LogP contribution is -2.34. The average Bonchev–Trinajstić information content (AvgIpc) is 2.59. The first kappa shape index (κ1) is 13.2. The van der Waals surface area contributed by atoms with Crippen LogP contribution in [0.15, 0.2) is 6.20 Å². The van der Waals surface area contributed by atoms with Crippen LogP contribution in [0.4, 0.5) is 0 Å². The highest BCUT2D eigenvalue weighted by atomic mass is 15.3. The van der Waals surface area contributed by atoms with E-state index in [9.17, 15) is 0 Å². The summed E-state index contributed by atoms with van der Waals surface area (Å²) in [6.07, 6.45) is 2.14. The zero-order valence-corrected chi connectivity index (χ0v) is 11.1. The monoisotopic (exact) mass is 224 g/mol. The van der Waals surface area contributed by atoms with Gasteiger partial charge in [0.05, 0.1) is 5.69 Å². The molecule has 0 amide bonds. The summed E-state index contributed by atoms with van der Waals surface area (Å²) in [6.45, 7) is 10.1. The Balaban J connectivity index is 2.73. The topological polar surface area (TPSA) is 47.1 Å². The number of nitrogens with zero attached hydrogens (tertiary/aromatic N) is 3. The predicted molar refractivity (Wildman–Crippen MR) is 67.3 cm³/mol. The van der Waals surface area contributed by atoms with E-state index in [0.717, 1.165) is 12.2 Å². The van der Waals surface area contributed by atoms with Gasteiger partial charge in [0.25, 0.3) is 0 Å². The highest BCUT2D eigenvalue weighted by Crippen LogP contribution is 2.13. The fraction of sp³-hybridized carbons (Fsp3) is 0.750. The molecule has 1 rings (SSSR count). The lowest BCUT2D eigenvalue weighted by atomic mass is 10.2. The van der Waals surface area contributed by atoms with E-state index in [1.807, 2.05) is 4.68 Å². The minimum Gasteiger partial charge on any atom is -0.329 e. The first-order valence-electron chi connectivity index (χ1n) is 5.90. The molecule has 0 saturated carbocycles. The minimum absolute atomic E-state index is 0.404. The summed E-state index contributed by atoms with van der Waals surface area (Å²) in [6, 6.07) is 0.825. The normalized spacial score (nSPS) is 13.8. The molecular formula is C12H24N4. The van der Waals surface area contributed by atoms with Crippen molar-refractivity contribution in [3.05, 3.63) is 17.5 Å². The SMILES string of the molecule is Cc1nn(C(C)C)cc1CN(C)C(C)CN. The molecule has 0 saturated heterocycles. The Bertz CT molecular complexity index is 330. The zero-order valence-electron chi connectivity index (χ0n) is 11.1. The maximum Gasteiger partial charge on any atom is 0.0638 e. The van der Waals surface area contributed by atoms with Gasteiger partial charge in [-0.25, -0.2) is 0 Å². The van der Waals surface area contributed by atoms with Crippen molar-refractivity contribution in [2.24, 2.45) is 5.73 Å². The molecule has 0 aliphatic carbocycles. The number of hydrogen-bond acceptors (Lipinski definition) is 3. The Morgan fingerprint density at radius 1 is 1.44 bits per heavy atom. The van der Waals surface area contributed by atoms with Crippen LogP contribution in [0.1, 0.15) is 38.1 Å². The molecule has 4 heteroatoms. The van der Waals surface area contributed by atoms with Gasteiger partial charge in [-0.15, -0.1) is 0 Å². The van der Waals surface area contributed by atoms with Crippen LogP contribution < -0.4 is 5.73 Å². The lowest BCUT2D eigenvalue weighted by Gasteiger charge is -2.22. The number of aryl methyl sites for hydroxylation is 1. The largest absolute Gasteiger partial charge is 0.329 e. The van der Waals surface area contributed by atoms with Crippen LogP contribution in [0.3, 0.4) is 0 Å². The van der Waals surface area contributed by atoms with Crippen LogP contribution in [0.2, 0.25) is 0 Å². The van der Waals surface area contributed by atoms with E-state index in [-0.39, 0.29) is 0 Å². The third-order valence-corrected chi connectivity index (χ3v) is 3.06. The molecule has 0 spiro atoms. The van der Waals surface area contributed by atoms with E-state index < -0.39 is 0 Å². The van der Waals surface area contributed by atoms with Crippen LogP contribution in [-0.4, -0.2) is 34.3 Å². The van der Waals surface area contributed by atoms with Gasteiger partial charge >= 0.3 is 0 Å². The summed E-state index contributed by atoms with van der Waals surface area (Å²) < 4.78 is 2.02. The van der Waals surface area contributed by atoms with Gasteiger partial charge in [0.1, 0.15) is 0 Å². The number of rotatable bonds is 5. The first-order valence-corrected chi connectivity index (χ1v) is 5.90. The Morgan fingerprint density at radius 2 is 2.06 bits per heavy atom. The second-order valence-corrected chi connectivity index (χ2v) is 4.81. The smallest absolute Gasteiger partial charge is 0.0638 e. The van der Waals surface area contributed by atoms with Gasteiger partial charge in [0, 0.05) is 36.9 Å². The van der Waals surface area contributed by atoms with Crippen molar-refractivity contribution in [3.63, 3.8) is 0 Å². The number of likely N-dealkylation sites (N-methyl/N-ethyl adjacent to an activating group) is 1. The third-order valence-electron chi connectivity index (χ3n) is 3.06. The molecule has 0 fully saturated rings. The maximum absolute atomic E-state index is 5.66. The molecule has 1 aromatic heterocycles. The standard InChI is InChI=1S/C12H24N4/c1-9(2)16-8-12(11(4)14-16)7-15(5)10(3)6-13/h8-10H,6-7,13H2,1-5H3. The second kappa shape index (κ2) is 5.46. The molecular weight excluding hydrogens is 200 g/mol. The summed E-state index contributed by atoms with van der Waals surface area (Å²) in [5, 5.41) is 4.51. The van der Waals surface area contributed by atoms with Crippen molar-refractivity contribution in [3.8, 4) is 0 Å². The molecule has 1 aromatic rings. The Morgan fingerprint density at radius 3 is 2.50 bits per heavy atom. The van der Waals surface area contributed by atoms with Crippen LogP contribution in [0.25, 0.3) is 0 Å². The van der Waals surface area contributed by atoms with E-state index in [4.69, 9.17) is 5.73 Å². The van der Waals surface area contributed by atoms with Crippen LogP contribution >= 0.6 is 0 Å². The van der Waals surface area contributed by atoms with Gasteiger partial charge in [-0.2, -0.15) is 5.10 Å². The second-order valence-electron chi connectivity index (χ2n) is 4.81. The van der Waals surface area contributed by atoms with Gasteiger partial charge in [-0.3, -0.25) is 9.58 Å². The number of aromatic nitrogens is 2. The van der Waals surface area contributed by atoms with Crippen LogP contribution in [-0.2, 0) is 6.54 Å². The van der Waals surface area contributed by atoms with Gasteiger partial charge in [0.2, 0.25) is 0 Å². The molecule has 0 radical (unpaired) electrons. The van der Waals surface area contributed by atoms with Gasteiger partial charge in [-0.1, -0.05) is 0 Å². The Hall–Kier alpha value is -0.870. The van der Waals surface area contributed by atoms with Gasteiger partial charge in [-0.05, 0) is 34.7 Å². The van der Waals surface area contributed by atoms with Crippen molar-refractivity contribution in [2.45, 2.75) is 46.3 Å². The Labute approximate surface area is 98.4 Å². The quantitative estimate of drug-likeness (QED) is 0.825. The summed E-state index contributed by atoms with van der Waals surface area (Å²) in [5.41, 5.74) is 8.06. The molecule has 92 valence electrons. The highest BCUT2D eigenvalue weighted by molar-refractivity contribution is 5.15. The van der Waals surface area contributed by atoms with E-state index in [1.54, 1.807) is 0 Å². The van der Waals surface area contributed by atoms with E-state index in [0.29, 0.717) is 18.6 Å². The molecule has 1 unspecified atom stereocenters. The molecule has 0 bridgehead atoms. The number of nitrogens with two attached hydrogens (primary N) is 1. The van der Waals surface area contributed by atoms with Crippen molar-refractivity contribution in [2.75, 3.05) is 13.6 Å². The molecule has 1 heterocycles. The molecule has 2 N–H and O–H groups in total. The third kappa shape index (κ3) is 3.06. The first-order chi connectivity index (χ1) is 7.45.